The van der Waals surface area contributed by atoms with Gasteiger partial charge in [0, 0.05) is 18.8 Å². The van der Waals surface area contributed by atoms with Crippen LogP contribution >= 0.6 is 0 Å². The van der Waals surface area contributed by atoms with Crippen molar-refractivity contribution in [3.63, 3.8) is 0 Å². The van der Waals surface area contributed by atoms with Crippen molar-refractivity contribution in [3.8, 4) is 0 Å². The number of ether oxygens (including phenoxy) is 2. The first-order valence-corrected chi connectivity index (χ1v) is 11.8. The van der Waals surface area contributed by atoms with Crippen molar-refractivity contribution in [2.75, 3.05) is 24.4 Å². The van der Waals surface area contributed by atoms with Gasteiger partial charge in [-0.05, 0) is 69.2 Å². The third kappa shape index (κ3) is 5.86. The van der Waals surface area contributed by atoms with Gasteiger partial charge in [-0.3, -0.25) is 9.52 Å². The molecule has 2 aromatic rings. The smallest absolute Gasteiger partial charge is 0.338 e. The predicted molar refractivity (Wildman–Crippen MR) is 120 cm³/mol. The molecule has 0 saturated carbocycles. The summed E-state index contributed by atoms with van der Waals surface area (Å²) in [6, 6.07) is 11.1. The number of morpholine rings is 1. The normalized spacial score (nSPS) is 18.8. The minimum Gasteiger partial charge on any atom is -0.452 e. The van der Waals surface area contributed by atoms with Gasteiger partial charge in [0.15, 0.2) is 6.61 Å². The molecule has 1 heterocycles. The van der Waals surface area contributed by atoms with Gasteiger partial charge in [0.25, 0.3) is 15.9 Å². The molecule has 32 heavy (non-hydrogen) atoms. The monoisotopic (exact) mass is 460 g/mol. The Hall–Kier alpha value is -2.91. The first kappa shape index (κ1) is 23.7. The second-order valence-corrected chi connectivity index (χ2v) is 9.73. The summed E-state index contributed by atoms with van der Waals surface area (Å²) in [5.41, 5.74) is 2.01. The summed E-state index contributed by atoms with van der Waals surface area (Å²) in [5, 5.41) is 0. The number of benzene rings is 2. The lowest BCUT2D eigenvalue weighted by atomic mass is 10.2. The first-order chi connectivity index (χ1) is 15.0. The van der Waals surface area contributed by atoms with Crippen molar-refractivity contribution in [1.29, 1.82) is 0 Å². The van der Waals surface area contributed by atoms with E-state index in [4.69, 9.17) is 9.47 Å². The largest absolute Gasteiger partial charge is 0.452 e. The molecule has 1 aliphatic heterocycles. The summed E-state index contributed by atoms with van der Waals surface area (Å²) in [6.07, 6.45) is -0.142. The van der Waals surface area contributed by atoms with Crippen molar-refractivity contribution < 1.29 is 27.5 Å². The van der Waals surface area contributed by atoms with E-state index in [1.54, 1.807) is 24.0 Å². The summed E-state index contributed by atoms with van der Waals surface area (Å²) < 4.78 is 38.7. The average molecular weight is 461 g/mol. The van der Waals surface area contributed by atoms with Crippen molar-refractivity contribution in [1.82, 2.24) is 4.90 Å². The van der Waals surface area contributed by atoms with E-state index >= 15 is 0 Å². The fourth-order valence-corrected chi connectivity index (χ4v) is 4.95. The molecule has 0 aromatic heterocycles. The van der Waals surface area contributed by atoms with Crippen LogP contribution in [0.5, 0.6) is 0 Å². The molecule has 1 N–H and O–H groups in total. The molecule has 0 radical (unpaired) electrons. The molecule has 3 rings (SSSR count). The second kappa shape index (κ2) is 9.70. The van der Waals surface area contributed by atoms with Gasteiger partial charge in [-0.2, -0.15) is 0 Å². The van der Waals surface area contributed by atoms with E-state index in [1.165, 1.54) is 24.3 Å². The van der Waals surface area contributed by atoms with Gasteiger partial charge < -0.3 is 14.4 Å². The van der Waals surface area contributed by atoms with E-state index < -0.39 is 16.0 Å². The zero-order chi connectivity index (χ0) is 23.5. The molecule has 1 saturated heterocycles. The Labute approximate surface area is 188 Å². The van der Waals surface area contributed by atoms with Crippen LogP contribution in [0.15, 0.2) is 47.4 Å². The molecule has 2 atom stereocenters. The van der Waals surface area contributed by atoms with Crippen molar-refractivity contribution in [2.45, 2.75) is 44.8 Å². The maximum atomic E-state index is 12.7. The lowest BCUT2D eigenvalue weighted by molar-refractivity contribution is -0.146. The molecule has 0 spiro atoms. The fraction of sp³-hybridized carbons (Fsp3) is 0.391. The molecule has 2 aromatic carbocycles. The van der Waals surface area contributed by atoms with Crippen LogP contribution < -0.4 is 4.72 Å². The van der Waals surface area contributed by atoms with Crippen LogP contribution in [0.1, 0.15) is 35.3 Å². The minimum atomic E-state index is -3.77. The highest BCUT2D eigenvalue weighted by molar-refractivity contribution is 7.92. The molecule has 1 amide bonds. The summed E-state index contributed by atoms with van der Waals surface area (Å²) in [4.78, 5) is 26.5. The molecular weight excluding hydrogens is 432 g/mol. The molecule has 1 aliphatic rings. The standard InChI is InChI=1S/C23H28N2O6S/c1-15-5-6-16(2)21(11-15)32(28,29)24-20-9-7-19(8-10-20)23(27)30-14-22(26)25-12-17(3)31-18(4)13-25/h5-11,17-18,24H,12-14H2,1-4H3. The van der Waals surface area contributed by atoms with E-state index in [-0.39, 0.29) is 35.2 Å². The maximum absolute atomic E-state index is 12.7. The van der Waals surface area contributed by atoms with E-state index in [0.717, 1.165) is 5.56 Å². The minimum absolute atomic E-state index is 0.0710. The Morgan fingerprint density at radius 1 is 1.06 bits per heavy atom. The number of carbonyl (C=O) groups is 2. The van der Waals surface area contributed by atoms with Crippen molar-refractivity contribution >= 4 is 27.6 Å². The number of rotatable bonds is 6. The van der Waals surface area contributed by atoms with Crippen LogP contribution in [0.4, 0.5) is 5.69 Å². The van der Waals surface area contributed by atoms with Crippen LogP contribution in [0.3, 0.4) is 0 Å². The van der Waals surface area contributed by atoms with E-state index in [0.29, 0.717) is 24.3 Å². The van der Waals surface area contributed by atoms with E-state index in [1.807, 2.05) is 26.8 Å². The molecule has 9 heteroatoms. The predicted octanol–water partition coefficient (Wildman–Crippen LogP) is 2.90. The summed E-state index contributed by atoms with van der Waals surface area (Å²) in [6.45, 7) is 7.87. The summed E-state index contributed by atoms with van der Waals surface area (Å²) in [7, 11) is -3.77. The van der Waals surface area contributed by atoms with Gasteiger partial charge in [-0.25, -0.2) is 13.2 Å². The van der Waals surface area contributed by atoms with Gasteiger partial charge in [0.2, 0.25) is 0 Å². The molecule has 8 nitrogen and oxygen atoms in total. The number of sulfonamides is 1. The third-order valence-corrected chi connectivity index (χ3v) is 6.63. The third-order valence-electron chi connectivity index (χ3n) is 5.11. The Morgan fingerprint density at radius 2 is 1.69 bits per heavy atom. The highest BCUT2D eigenvalue weighted by atomic mass is 32.2. The zero-order valence-electron chi connectivity index (χ0n) is 18.6. The van der Waals surface area contributed by atoms with Crippen LogP contribution in [0.25, 0.3) is 0 Å². The number of hydrogen-bond donors (Lipinski definition) is 1. The first-order valence-electron chi connectivity index (χ1n) is 10.4. The quantitative estimate of drug-likeness (QED) is 0.665. The van der Waals surface area contributed by atoms with Gasteiger partial charge >= 0.3 is 5.97 Å². The highest BCUT2D eigenvalue weighted by Crippen LogP contribution is 2.21. The second-order valence-electron chi connectivity index (χ2n) is 8.08. The fourth-order valence-electron chi connectivity index (χ4n) is 3.56. The van der Waals surface area contributed by atoms with Crippen molar-refractivity contribution in [3.05, 3.63) is 59.2 Å². The molecule has 0 bridgehead atoms. The number of hydrogen-bond acceptors (Lipinski definition) is 6. The van der Waals surface area contributed by atoms with E-state index in [9.17, 15) is 18.0 Å². The highest BCUT2D eigenvalue weighted by Gasteiger charge is 2.26. The molecule has 1 fully saturated rings. The van der Waals surface area contributed by atoms with Crippen LogP contribution in [-0.2, 0) is 24.3 Å². The topological polar surface area (TPSA) is 102 Å². The van der Waals surface area contributed by atoms with Gasteiger partial charge in [-0.15, -0.1) is 0 Å². The number of nitrogens with zero attached hydrogens (tertiary/aromatic N) is 1. The Balaban J connectivity index is 1.59. The summed E-state index contributed by atoms with van der Waals surface area (Å²) >= 11 is 0. The number of esters is 1. The lowest BCUT2D eigenvalue weighted by Gasteiger charge is -2.35. The van der Waals surface area contributed by atoms with Crippen LogP contribution in [0, 0.1) is 13.8 Å². The number of carbonyl (C=O) groups excluding carboxylic acids is 2. The van der Waals surface area contributed by atoms with Crippen molar-refractivity contribution in [2.24, 2.45) is 0 Å². The Bertz CT molecular complexity index is 1090. The molecule has 172 valence electrons. The van der Waals surface area contributed by atoms with Gasteiger partial charge in [-0.1, -0.05) is 12.1 Å². The van der Waals surface area contributed by atoms with Gasteiger partial charge in [0.1, 0.15) is 0 Å². The van der Waals surface area contributed by atoms with Crippen LogP contribution in [-0.4, -0.2) is 57.1 Å². The summed E-state index contributed by atoms with van der Waals surface area (Å²) in [5.74, 6) is -0.935. The van der Waals surface area contributed by atoms with E-state index in [2.05, 4.69) is 4.72 Å². The average Bonchev–Trinajstić information content (AvgIpc) is 2.73. The molecule has 0 aliphatic carbocycles. The number of aryl methyl sites for hydroxylation is 2. The number of anilines is 1. The lowest BCUT2D eigenvalue weighted by Crippen LogP contribution is -2.49. The zero-order valence-corrected chi connectivity index (χ0v) is 19.4. The Morgan fingerprint density at radius 3 is 2.31 bits per heavy atom. The number of nitrogens with one attached hydrogen (secondary N) is 1. The maximum Gasteiger partial charge on any atom is 0.338 e. The number of amides is 1. The van der Waals surface area contributed by atoms with Crippen LogP contribution in [0.2, 0.25) is 0 Å². The SMILES string of the molecule is Cc1ccc(C)c(S(=O)(=O)Nc2ccc(C(=O)OCC(=O)N3CC(C)OC(C)C3)cc2)c1. The molecule has 2 unspecified atom stereocenters. The molecular formula is C23H28N2O6S. The Kier molecular flexibility index (Phi) is 7.20. The van der Waals surface area contributed by atoms with Gasteiger partial charge in [0.05, 0.1) is 22.7 Å².